The van der Waals surface area contributed by atoms with E-state index >= 15 is 4.39 Å². The number of benzene rings is 3. The van der Waals surface area contributed by atoms with Crippen LogP contribution in [0.1, 0.15) is 60.0 Å². The molecule has 0 aromatic heterocycles. The summed E-state index contributed by atoms with van der Waals surface area (Å²) in [6.07, 6.45) is 5.04. The summed E-state index contributed by atoms with van der Waals surface area (Å²) >= 11 is 6.27. The van der Waals surface area contributed by atoms with Gasteiger partial charge >= 0.3 is 0 Å². The molecule has 1 heterocycles. The van der Waals surface area contributed by atoms with Crippen LogP contribution >= 0.6 is 11.6 Å². The van der Waals surface area contributed by atoms with E-state index in [2.05, 4.69) is 0 Å². The lowest BCUT2D eigenvalue weighted by Crippen LogP contribution is -2.53. The number of rotatable bonds is 4. The smallest absolute Gasteiger partial charge is 0.257 e. The summed E-state index contributed by atoms with van der Waals surface area (Å²) < 4.78 is 21.6. The van der Waals surface area contributed by atoms with Crippen LogP contribution in [0.15, 0.2) is 72.8 Å². The summed E-state index contributed by atoms with van der Waals surface area (Å²) in [6.45, 7) is 1.24. The van der Waals surface area contributed by atoms with E-state index in [9.17, 15) is 9.59 Å². The van der Waals surface area contributed by atoms with E-state index < -0.39 is 5.41 Å². The van der Waals surface area contributed by atoms with E-state index in [4.69, 9.17) is 16.3 Å². The monoisotopic (exact) mass is 562 g/mol. The third kappa shape index (κ3) is 5.87. The highest BCUT2D eigenvalue weighted by atomic mass is 35.5. The Bertz CT molecular complexity index is 1340. The van der Waals surface area contributed by atoms with Gasteiger partial charge in [-0.3, -0.25) is 9.59 Å². The Morgan fingerprint density at radius 2 is 1.68 bits per heavy atom. The highest BCUT2D eigenvalue weighted by Gasteiger charge is 2.47. The fourth-order valence-corrected chi connectivity index (χ4v) is 6.39. The molecule has 0 unspecified atom stereocenters. The highest BCUT2D eigenvalue weighted by molar-refractivity contribution is 6.31. The summed E-state index contributed by atoms with van der Waals surface area (Å²) in [5.74, 6) is -0.0570. The molecule has 40 heavy (non-hydrogen) atoms. The third-order valence-electron chi connectivity index (χ3n) is 8.36. The van der Waals surface area contributed by atoms with Crippen molar-refractivity contribution in [3.05, 3.63) is 100 Å². The van der Waals surface area contributed by atoms with E-state index in [0.29, 0.717) is 60.7 Å². The number of halogens is 2. The van der Waals surface area contributed by atoms with E-state index in [1.165, 1.54) is 6.07 Å². The first-order valence-electron chi connectivity index (χ1n) is 14.2. The fourth-order valence-electron chi connectivity index (χ4n) is 6.22. The summed E-state index contributed by atoms with van der Waals surface area (Å²) in [5.41, 5.74) is 1.09. The second-order valence-electron chi connectivity index (χ2n) is 11.0. The molecule has 2 amide bonds. The molecule has 3 aromatic rings. The molecule has 0 radical (unpaired) electrons. The van der Waals surface area contributed by atoms with Crippen molar-refractivity contribution in [2.45, 2.75) is 56.4 Å². The van der Waals surface area contributed by atoms with Crippen molar-refractivity contribution in [2.24, 2.45) is 0 Å². The molecular weight excluding hydrogens is 527 g/mol. The predicted molar refractivity (Wildman–Crippen MR) is 155 cm³/mol. The van der Waals surface area contributed by atoms with Crippen molar-refractivity contribution in [3.63, 3.8) is 0 Å². The first-order valence-corrected chi connectivity index (χ1v) is 14.5. The van der Waals surface area contributed by atoms with Crippen molar-refractivity contribution in [1.82, 2.24) is 9.80 Å². The van der Waals surface area contributed by atoms with Gasteiger partial charge in [0, 0.05) is 30.7 Å². The number of hydrogen-bond donors (Lipinski definition) is 0. The van der Waals surface area contributed by atoms with Gasteiger partial charge in [0.2, 0.25) is 5.91 Å². The molecule has 210 valence electrons. The Labute approximate surface area is 240 Å². The van der Waals surface area contributed by atoms with Gasteiger partial charge in [0.1, 0.15) is 18.2 Å². The molecule has 1 atom stereocenters. The van der Waals surface area contributed by atoms with Gasteiger partial charge < -0.3 is 14.5 Å². The third-order valence-corrected chi connectivity index (χ3v) is 8.60. The van der Waals surface area contributed by atoms with Crippen LogP contribution < -0.4 is 4.74 Å². The molecule has 3 aromatic carbocycles. The molecule has 0 N–H and O–H groups in total. The average molecular weight is 563 g/mol. The van der Waals surface area contributed by atoms with E-state index in [-0.39, 0.29) is 30.3 Å². The highest BCUT2D eigenvalue weighted by Crippen LogP contribution is 2.44. The van der Waals surface area contributed by atoms with Crippen LogP contribution in [0.5, 0.6) is 5.75 Å². The van der Waals surface area contributed by atoms with Crippen molar-refractivity contribution < 1.29 is 18.7 Å². The molecule has 0 saturated heterocycles. The number of fused-ring (bicyclic) bond motifs is 1. The fraction of sp³-hybridized carbons (Fsp3) is 0.394. The van der Waals surface area contributed by atoms with Crippen LogP contribution in [0.4, 0.5) is 4.39 Å². The second-order valence-corrected chi connectivity index (χ2v) is 11.4. The second kappa shape index (κ2) is 12.4. The number of carbonyl (C=O) groups excluding carboxylic acids is 2. The zero-order valence-electron chi connectivity index (χ0n) is 23.0. The van der Waals surface area contributed by atoms with Crippen LogP contribution in [-0.4, -0.2) is 54.4 Å². The molecule has 7 heteroatoms. The van der Waals surface area contributed by atoms with Gasteiger partial charge in [-0.25, -0.2) is 4.39 Å². The van der Waals surface area contributed by atoms with Crippen molar-refractivity contribution in [3.8, 4) is 5.75 Å². The van der Waals surface area contributed by atoms with Gasteiger partial charge in [0.25, 0.3) is 5.91 Å². The Hall–Kier alpha value is -3.38. The first-order chi connectivity index (χ1) is 19.4. The van der Waals surface area contributed by atoms with Crippen LogP contribution in [0.25, 0.3) is 0 Å². The van der Waals surface area contributed by atoms with Gasteiger partial charge in [0.15, 0.2) is 0 Å². The van der Waals surface area contributed by atoms with Crippen molar-refractivity contribution in [1.29, 1.82) is 0 Å². The van der Waals surface area contributed by atoms with Gasteiger partial charge in [-0.1, -0.05) is 73.0 Å². The Balaban J connectivity index is 1.55. The maximum Gasteiger partial charge on any atom is 0.257 e. The van der Waals surface area contributed by atoms with E-state index in [1.54, 1.807) is 42.3 Å². The van der Waals surface area contributed by atoms with Crippen LogP contribution in [0.2, 0.25) is 5.02 Å². The summed E-state index contributed by atoms with van der Waals surface area (Å²) in [5, 5.41) is 0.460. The number of amides is 2. The molecule has 1 aliphatic heterocycles. The minimum Gasteiger partial charge on any atom is -0.491 e. The first kappa shape index (κ1) is 28.2. The van der Waals surface area contributed by atoms with Gasteiger partial charge in [0.05, 0.1) is 17.0 Å². The summed E-state index contributed by atoms with van der Waals surface area (Å²) in [4.78, 5) is 31.6. The number of nitrogens with zero attached hydrogens (tertiary/aromatic N) is 2. The quantitative estimate of drug-likeness (QED) is 0.356. The lowest BCUT2D eigenvalue weighted by atomic mass is 9.76. The van der Waals surface area contributed by atoms with Gasteiger partial charge in [-0.15, -0.1) is 0 Å². The molecule has 5 nitrogen and oxygen atoms in total. The largest absolute Gasteiger partial charge is 0.491 e. The molecule has 1 aliphatic carbocycles. The zero-order valence-corrected chi connectivity index (χ0v) is 23.7. The van der Waals surface area contributed by atoms with Crippen LogP contribution in [0.3, 0.4) is 0 Å². The SMILES string of the molecule is CN1CCCCN(C(=O)C2(c3ccccc3F)CCCC2)[C@@H](Cc2ccccc2)COc2ccc(Cl)cc2C1=O. The standard InChI is InChI=1S/C33H36ClFN2O3/c1-36-19-9-10-20-37(32(39)33(17-7-8-18-33)28-13-5-6-14-29(28)35)26(21-24-11-3-2-4-12-24)23-40-30-16-15-25(34)22-27(30)31(36)38/h2-6,11-16,22,26H,7-10,17-21,23H2,1H3/t26-/m0/s1. The van der Waals surface area contributed by atoms with Gasteiger partial charge in [-0.05, 0) is 61.9 Å². The molecule has 0 spiro atoms. The minimum atomic E-state index is -0.893. The molecule has 2 aliphatic rings. The maximum absolute atomic E-state index is 15.3. The zero-order chi connectivity index (χ0) is 28.1. The van der Waals surface area contributed by atoms with E-state index in [0.717, 1.165) is 24.8 Å². The maximum atomic E-state index is 15.3. The molecule has 5 rings (SSSR count). The number of carbonyl (C=O) groups is 2. The topological polar surface area (TPSA) is 49.9 Å². The molecule has 1 fully saturated rings. The average Bonchev–Trinajstić information content (AvgIpc) is 3.46. The van der Waals surface area contributed by atoms with Gasteiger partial charge in [-0.2, -0.15) is 0 Å². The Morgan fingerprint density at radius 3 is 2.42 bits per heavy atom. The van der Waals surface area contributed by atoms with Crippen molar-refractivity contribution >= 4 is 23.4 Å². The lowest BCUT2D eigenvalue weighted by Gasteiger charge is -2.40. The summed E-state index contributed by atoms with van der Waals surface area (Å²) in [7, 11) is 1.77. The molecule has 0 bridgehead atoms. The minimum absolute atomic E-state index is 0.0301. The number of ether oxygens (including phenoxy) is 1. The van der Waals surface area contributed by atoms with E-state index in [1.807, 2.05) is 41.3 Å². The normalized spacial score (nSPS) is 19.8. The van der Waals surface area contributed by atoms with Crippen molar-refractivity contribution in [2.75, 3.05) is 26.7 Å². The Morgan fingerprint density at radius 1 is 0.975 bits per heavy atom. The van der Waals surface area contributed by atoms with Crippen LogP contribution in [0, 0.1) is 5.82 Å². The van der Waals surface area contributed by atoms with Crippen LogP contribution in [-0.2, 0) is 16.6 Å². The lowest BCUT2D eigenvalue weighted by molar-refractivity contribution is -0.140. The molecular formula is C33H36ClFN2O3. The Kier molecular flexibility index (Phi) is 8.75. The molecule has 1 saturated carbocycles. The number of hydrogen-bond acceptors (Lipinski definition) is 3. The predicted octanol–water partition coefficient (Wildman–Crippen LogP) is 6.68. The summed E-state index contributed by atoms with van der Waals surface area (Å²) in [6, 6.07) is 21.5.